The van der Waals surface area contributed by atoms with Crippen molar-refractivity contribution in [1.29, 1.82) is 0 Å². The fraction of sp³-hybridized carbons (Fsp3) is 0.550. The predicted octanol–water partition coefficient (Wildman–Crippen LogP) is 3.11. The van der Waals surface area contributed by atoms with E-state index in [0.717, 1.165) is 40.9 Å². The molecule has 1 aromatic carbocycles. The fourth-order valence-electron chi connectivity index (χ4n) is 4.14. The van der Waals surface area contributed by atoms with E-state index in [9.17, 15) is 0 Å². The smallest absolute Gasteiger partial charge is 0.230 e. The van der Waals surface area contributed by atoms with Gasteiger partial charge in [0.15, 0.2) is 0 Å². The lowest BCUT2D eigenvalue weighted by atomic mass is 9.85. The second-order valence-electron chi connectivity index (χ2n) is 7.54. The van der Waals surface area contributed by atoms with Gasteiger partial charge in [0, 0.05) is 11.4 Å². The molecule has 7 heteroatoms. The fourth-order valence-corrected chi connectivity index (χ4v) is 4.14. The predicted molar refractivity (Wildman–Crippen MR) is 108 cm³/mol. The van der Waals surface area contributed by atoms with Crippen LogP contribution >= 0.6 is 0 Å². The van der Waals surface area contributed by atoms with Crippen LogP contribution in [-0.4, -0.2) is 47.3 Å². The zero-order valence-electron chi connectivity index (χ0n) is 16.3. The maximum absolute atomic E-state index is 5.29. The molecule has 2 aliphatic rings. The minimum Gasteiger partial charge on any atom is -0.497 e. The summed E-state index contributed by atoms with van der Waals surface area (Å²) in [7, 11) is 1.66. The molecular formula is C20H28N6O. The van der Waals surface area contributed by atoms with Crippen molar-refractivity contribution in [2.75, 3.05) is 25.8 Å². The molecule has 1 aliphatic carbocycles. The first-order valence-electron chi connectivity index (χ1n) is 9.76. The lowest BCUT2D eigenvalue weighted by Crippen LogP contribution is -2.52. The molecule has 7 nitrogen and oxygen atoms in total. The molecule has 2 N–H and O–H groups in total. The normalized spacial score (nSPS) is 23.6. The molecule has 0 amide bonds. The lowest BCUT2D eigenvalue weighted by molar-refractivity contribution is 0.107. The summed E-state index contributed by atoms with van der Waals surface area (Å²) >= 11 is 0. The van der Waals surface area contributed by atoms with Crippen molar-refractivity contribution < 1.29 is 4.74 Å². The van der Waals surface area contributed by atoms with Crippen LogP contribution in [0.5, 0.6) is 5.75 Å². The van der Waals surface area contributed by atoms with Gasteiger partial charge in [-0.2, -0.15) is 0 Å². The van der Waals surface area contributed by atoms with Crippen LogP contribution < -0.4 is 15.4 Å². The molecular weight excluding hydrogens is 340 g/mol. The van der Waals surface area contributed by atoms with Crippen molar-refractivity contribution in [3.05, 3.63) is 23.9 Å². The Labute approximate surface area is 160 Å². The summed E-state index contributed by atoms with van der Waals surface area (Å²) in [5.74, 6) is 2.86. The molecule has 2 heterocycles. The van der Waals surface area contributed by atoms with Gasteiger partial charge in [-0.1, -0.05) is 19.8 Å². The Morgan fingerprint density at radius 2 is 2.07 bits per heavy atom. The van der Waals surface area contributed by atoms with Crippen molar-refractivity contribution in [2.24, 2.45) is 10.9 Å². The molecule has 2 aromatic rings. The van der Waals surface area contributed by atoms with Crippen LogP contribution in [-0.2, 0) is 0 Å². The minimum absolute atomic E-state index is 0.566. The van der Waals surface area contributed by atoms with Gasteiger partial charge >= 0.3 is 0 Å². The molecule has 0 radical (unpaired) electrons. The van der Waals surface area contributed by atoms with Crippen LogP contribution in [0.4, 0.5) is 5.95 Å². The Kier molecular flexibility index (Phi) is 5.11. The number of fused-ring (bicyclic) bond motifs is 1. The summed E-state index contributed by atoms with van der Waals surface area (Å²) < 4.78 is 5.29. The summed E-state index contributed by atoms with van der Waals surface area (Å²) in [5.41, 5.74) is 1.80. The molecule has 1 fully saturated rings. The summed E-state index contributed by atoms with van der Waals surface area (Å²) in [4.78, 5) is 16.3. The second-order valence-corrected chi connectivity index (χ2v) is 7.54. The van der Waals surface area contributed by atoms with E-state index >= 15 is 0 Å². The number of nitrogens with one attached hydrogen (secondary N) is 2. The highest BCUT2D eigenvalue weighted by Gasteiger charge is 2.28. The Morgan fingerprint density at radius 3 is 2.81 bits per heavy atom. The minimum atomic E-state index is 0.566. The van der Waals surface area contributed by atoms with E-state index in [1.807, 2.05) is 25.1 Å². The first kappa shape index (κ1) is 18.0. The number of hydrogen-bond donors (Lipinski definition) is 2. The van der Waals surface area contributed by atoms with Crippen LogP contribution in [0, 0.1) is 12.8 Å². The Bertz CT molecular complexity index is 852. The lowest BCUT2D eigenvalue weighted by Gasteiger charge is -2.39. The van der Waals surface area contributed by atoms with Gasteiger partial charge in [-0.15, -0.1) is 0 Å². The van der Waals surface area contributed by atoms with Crippen molar-refractivity contribution >= 4 is 22.8 Å². The van der Waals surface area contributed by atoms with E-state index in [1.54, 1.807) is 7.11 Å². The molecule has 0 bridgehead atoms. The van der Waals surface area contributed by atoms with Crippen LogP contribution in [0.25, 0.3) is 10.9 Å². The summed E-state index contributed by atoms with van der Waals surface area (Å²) in [6, 6.07) is 6.47. The molecule has 1 aliphatic heterocycles. The van der Waals surface area contributed by atoms with Crippen LogP contribution in [0.15, 0.2) is 23.2 Å². The SMILES string of the molecule is COc1ccc2nc(NC3=NCN(C4CCCCC4C)CN3)nc(C)c2c1. The molecule has 144 valence electrons. The van der Waals surface area contributed by atoms with Gasteiger partial charge in [0.25, 0.3) is 0 Å². The van der Waals surface area contributed by atoms with Crippen molar-refractivity contribution in [1.82, 2.24) is 20.2 Å². The standard InChI is InChI=1S/C20H28N6O/c1-13-6-4-5-7-18(13)26-11-21-19(22-12-26)25-20-23-14(2)16-10-15(27-3)8-9-17(16)24-20/h8-10,13,18H,4-7,11-12H2,1-3H3,(H2,21,22,23,24,25). The second kappa shape index (κ2) is 7.68. The van der Waals surface area contributed by atoms with E-state index in [-0.39, 0.29) is 0 Å². The Hall–Kier alpha value is -2.41. The van der Waals surface area contributed by atoms with Gasteiger partial charge < -0.3 is 10.1 Å². The first-order valence-corrected chi connectivity index (χ1v) is 9.76. The Balaban J connectivity index is 1.46. The van der Waals surface area contributed by atoms with Crippen molar-refractivity contribution in [3.63, 3.8) is 0 Å². The maximum atomic E-state index is 5.29. The third-order valence-corrected chi connectivity index (χ3v) is 5.72. The molecule has 1 saturated carbocycles. The number of hydrogen-bond acceptors (Lipinski definition) is 7. The number of aromatic nitrogens is 2. The largest absolute Gasteiger partial charge is 0.497 e. The summed E-state index contributed by atoms with van der Waals surface area (Å²) in [6.45, 7) is 5.87. The van der Waals surface area contributed by atoms with Crippen LogP contribution in [0.3, 0.4) is 0 Å². The number of nitrogens with zero attached hydrogens (tertiary/aromatic N) is 4. The molecule has 2 atom stereocenters. The summed E-state index contributed by atoms with van der Waals surface area (Å²) in [5, 5.41) is 7.62. The number of methoxy groups -OCH3 is 1. The van der Waals surface area contributed by atoms with Gasteiger partial charge in [-0.25, -0.2) is 15.0 Å². The number of benzene rings is 1. The monoisotopic (exact) mass is 368 g/mol. The van der Waals surface area contributed by atoms with E-state index < -0.39 is 0 Å². The average molecular weight is 368 g/mol. The van der Waals surface area contributed by atoms with Crippen LogP contribution in [0.2, 0.25) is 0 Å². The Morgan fingerprint density at radius 1 is 1.22 bits per heavy atom. The van der Waals surface area contributed by atoms with Crippen molar-refractivity contribution in [2.45, 2.75) is 45.6 Å². The van der Waals surface area contributed by atoms with E-state index in [2.05, 4.69) is 37.4 Å². The third kappa shape index (κ3) is 3.83. The van der Waals surface area contributed by atoms with E-state index in [4.69, 9.17) is 4.74 Å². The first-order chi connectivity index (χ1) is 13.1. The van der Waals surface area contributed by atoms with Crippen LogP contribution in [0.1, 0.15) is 38.3 Å². The highest BCUT2D eigenvalue weighted by atomic mass is 16.5. The quantitative estimate of drug-likeness (QED) is 0.867. The number of aliphatic imine (C=N–C) groups is 1. The molecule has 0 spiro atoms. The van der Waals surface area contributed by atoms with Gasteiger partial charge in [0.2, 0.25) is 11.9 Å². The topological polar surface area (TPSA) is 74.7 Å². The molecule has 0 saturated heterocycles. The highest BCUT2D eigenvalue weighted by molar-refractivity contribution is 5.93. The maximum Gasteiger partial charge on any atom is 0.230 e. The zero-order valence-corrected chi connectivity index (χ0v) is 16.3. The summed E-state index contributed by atoms with van der Waals surface area (Å²) in [6.07, 6.45) is 5.29. The van der Waals surface area contributed by atoms with Crippen molar-refractivity contribution in [3.8, 4) is 5.75 Å². The number of guanidine groups is 1. The third-order valence-electron chi connectivity index (χ3n) is 5.72. The average Bonchev–Trinajstić information content (AvgIpc) is 2.69. The van der Waals surface area contributed by atoms with E-state index in [1.165, 1.54) is 25.7 Å². The molecule has 27 heavy (non-hydrogen) atoms. The van der Waals surface area contributed by atoms with Gasteiger partial charge in [0.05, 0.1) is 31.7 Å². The van der Waals surface area contributed by atoms with Gasteiger partial charge in [0.1, 0.15) is 5.75 Å². The number of aryl methyl sites for hydroxylation is 1. The highest BCUT2D eigenvalue weighted by Crippen LogP contribution is 2.28. The zero-order chi connectivity index (χ0) is 18.8. The van der Waals surface area contributed by atoms with Gasteiger partial charge in [-0.3, -0.25) is 10.2 Å². The van der Waals surface area contributed by atoms with E-state index in [0.29, 0.717) is 18.7 Å². The number of anilines is 1. The molecule has 2 unspecified atom stereocenters. The molecule has 1 aromatic heterocycles. The number of ether oxygens (including phenoxy) is 1. The number of rotatable bonds is 3. The molecule has 4 rings (SSSR count). The van der Waals surface area contributed by atoms with Gasteiger partial charge in [-0.05, 0) is 43.9 Å².